The Balaban J connectivity index is 1.72. The van der Waals surface area contributed by atoms with Crippen LogP contribution in [0.1, 0.15) is 18.4 Å². The van der Waals surface area contributed by atoms with E-state index in [9.17, 15) is 4.39 Å². The molecule has 0 radical (unpaired) electrons. The van der Waals surface area contributed by atoms with Crippen LogP contribution in [0.3, 0.4) is 0 Å². The van der Waals surface area contributed by atoms with E-state index in [1.807, 2.05) is 6.07 Å². The molecule has 0 aliphatic heterocycles. The minimum atomic E-state index is -0.216. The van der Waals surface area contributed by atoms with Crippen molar-refractivity contribution >= 4 is 11.8 Å². The molecule has 1 saturated carbocycles. The molecule has 2 N–H and O–H groups in total. The third-order valence-electron chi connectivity index (χ3n) is 2.71. The van der Waals surface area contributed by atoms with Crippen LogP contribution in [-0.4, -0.2) is 21.2 Å². The standard InChI is InChI=1S/C12H13FN4S/c13-9-3-8(6-14-10-1-2-10)4-11(5-9)18-12-15-7-16-17-12/h3-5,7,10,14H,1-2,6H2,(H,15,16,17). The third kappa shape index (κ3) is 3.08. The summed E-state index contributed by atoms with van der Waals surface area (Å²) in [6, 6.07) is 5.68. The number of H-pyrrole nitrogens is 1. The van der Waals surface area contributed by atoms with Crippen molar-refractivity contribution in [2.24, 2.45) is 0 Å². The summed E-state index contributed by atoms with van der Waals surface area (Å²) in [4.78, 5) is 4.85. The highest BCUT2D eigenvalue weighted by Gasteiger charge is 2.20. The molecule has 2 aromatic rings. The molecule has 3 rings (SSSR count). The van der Waals surface area contributed by atoms with Crippen LogP contribution in [0.15, 0.2) is 34.6 Å². The van der Waals surface area contributed by atoms with Gasteiger partial charge in [0.05, 0.1) is 0 Å². The summed E-state index contributed by atoms with van der Waals surface area (Å²) < 4.78 is 13.5. The highest BCUT2D eigenvalue weighted by Crippen LogP contribution is 2.26. The zero-order chi connectivity index (χ0) is 12.4. The molecule has 6 heteroatoms. The van der Waals surface area contributed by atoms with Crippen molar-refractivity contribution in [2.75, 3.05) is 0 Å². The van der Waals surface area contributed by atoms with E-state index in [1.165, 1.54) is 37.0 Å². The zero-order valence-electron chi connectivity index (χ0n) is 9.69. The number of hydrogen-bond acceptors (Lipinski definition) is 4. The second-order valence-electron chi connectivity index (χ2n) is 4.34. The first kappa shape index (κ1) is 11.7. The van der Waals surface area contributed by atoms with E-state index >= 15 is 0 Å². The lowest BCUT2D eigenvalue weighted by molar-refractivity contribution is 0.615. The first-order valence-electron chi connectivity index (χ1n) is 5.86. The van der Waals surface area contributed by atoms with Crippen molar-refractivity contribution in [1.29, 1.82) is 0 Å². The van der Waals surface area contributed by atoms with Gasteiger partial charge in [-0.2, -0.15) is 5.10 Å². The summed E-state index contributed by atoms with van der Waals surface area (Å²) in [6.45, 7) is 0.715. The van der Waals surface area contributed by atoms with E-state index in [4.69, 9.17) is 0 Å². The summed E-state index contributed by atoms with van der Waals surface area (Å²) in [6.07, 6.45) is 3.90. The Labute approximate surface area is 108 Å². The molecule has 0 atom stereocenters. The normalized spacial score (nSPS) is 14.9. The van der Waals surface area contributed by atoms with Gasteiger partial charge in [0.2, 0.25) is 0 Å². The molecule has 1 aliphatic carbocycles. The molecule has 94 valence electrons. The molecular weight excluding hydrogens is 251 g/mol. The van der Waals surface area contributed by atoms with Crippen LogP contribution < -0.4 is 5.32 Å². The first-order chi connectivity index (χ1) is 8.79. The van der Waals surface area contributed by atoms with Crippen molar-refractivity contribution in [3.63, 3.8) is 0 Å². The average molecular weight is 264 g/mol. The Hall–Kier alpha value is -1.40. The predicted octanol–water partition coefficient (Wildman–Crippen LogP) is 2.35. The second-order valence-corrected chi connectivity index (χ2v) is 5.41. The fourth-order valence-corrected chi connectivity index (χ4v) is 2.49. The molecule has 18 heavy (non-hydrogen) atoms. The number of rotatable bonds is 5. The summed E-state index contributed by atoms with van der Waals surface area (Å²) >= 11 is 1.38. The molecule has 1 aromatic heterocycles. The van der Waals surface area contributed by atoms with E-state index in [2.05, 4.69) is 20.5 Å². The molecule has 1 aromatic carbocycles. The summed E-state index contributed by atoms with van der Waals surface area (Å²) in [5, 5.41) is 10.6. The molecule has 4 nitrogen and oxygen atoms in total. The molecule has 0 saturated heterocycles. The number of aromatic nitrogens is 3. The van der Waals surface area contributed by atoms with Crippen molar-refractivity contribution in [2.45, 2.75) is 35.5 Å². The minimum Gasteiger partial charge on any atom is -0.310 e. The molecule has 1 fully saturated rings. The fourth-order valence-electron chi connectivity index (χ4n) is 1.69. The van der Waals surface area contributed by atoms with Crippen molar-refractivity contribution < 1.29 is 4.39 Å². The average Bonchev–Trinajstić information content (AvgIpc) is 3.04. The topological polar surface area (TPSA) is 53.6 Å². The van der Waals surface area contributed by atoms with E-state index in [1.54, 1.807) is 6.07 Å². The van der Waals surface area contributed by atoms with Crippen LogP contribution >= 0.6 is 11.8 Å². The number of nitrogens with zero attached hydrogens (tertiary/aromatic N) is 2. The Morgan fingerprint density at radius 1 is 1.39 bits per heavy atom. The van der Waals surface area contributed by atoms with Gasteiger partial charge in [0.15, 0.2) is 5.16 Å². The number of hydrogen-bond donors (Lipinski definition) is 2. The Morgan fingerprint density at radius 2 is 2.28 bits per heavy atom. The largest absolute Gasteiger partial charge is 0.310 e. The number of halogens is 1. The first-order valence-corrected chi connectivity index (χ1v) is 6.67. The summed E-state index contributed by atoms with van der Waals surface area (Å²) in [5.74, 6) is -0.216. The fraction of sp³-hybridized carbons (Fsp3) is 0.333. The Morgan fingerprint density at radius 3 is 3.00 bits per heavy atom. The molecular formula is C12H13FN4S. The molecule has 0 amide bonds. The van der Waals surface area contributed by atoms with Crippen molar-refractivity contribution in [1.82, 2.24) is 20.5 Å². The lowest BCUT2D eigenvalue weighted by Crippen LogP contribution is -2.15. The second kappa shape index (κ2) is 5.07. The van der Waals surface area contributed by atoms with Crippen LogP contribution in [0, 0.1) is 5.82 Å². The van der Waals surface area contributed by atoms with Gasteiger partial charge < -0.3 is 5.32 Å². The van der Waals surface area contributed by atoms with E-state index in [-0.39, 0.29) is 5.82 Å². The molecule has 1 heterocycles. The third-order valence-corrected chi connectivity index (χ3v) is 3.57. The van der Waals surface area contributed by atoms with Gasteiger partial charge in [0, 0.05) is 17.5 Å². The molecule has 1 aliphatic rings. The number of benzene rings is 1. The van der Waals surface area contributed by atoms with E-state index < -0.39 is 0 Å². The van der Waals surface area contributed by atoms with Gasteiger partial charge in [0.25, 0.3) is 0 Å². The smallest absolute Gasteiger partial charge is 0.188 e. The van der Waals surface area contributed by atoms with Gasteiger partial charge in [0.1, 0.15) is 12.1 Å². The van der Waals surface area contributed by atoms with Gasteiger partial charge in [-0.25, -0.2) is 9.37 Å². The van der Waals surface area contributed by atoms with Gasteiger partial charge in [-0.05, 0) is 36.6 Å². The van der Waals surface area contributed by atoms with Gasteiger partial charge >= 0.3 is 0 Å². The summed E-state index contributed by atoms with van der Waals surface area (Å²) in [5.41, 5.74) is 0.962. The lowest BCUT2D eigenvalue weighted by Gasteiger charge is -2.06. The maximum Gasteiger partial charge on any atom is 0.188 e. The summed E-state index contributed by atoms with van der Waals surface area (Å²) in [7, 11) is 0. The van der Waals surface area contributed by atoms with Gasteiger partial charge in [-0.1, -0.05) is 11.8 Å². The quantitative estimate of drug-likeness (QED) is 0.870. The van der Waals surface area contributed by atoms with Crippen LogP contribution in [-0.2, 0) is 6.54 Å². The maximum atomic E-state index is 13.5. The number of nitrogens with one attached hydrogen (secondary N) is 2. The van der Waals surface area contributed by atoms with E-state index in [0.29, 0.717) is 17.7 Å². The van der Waals surface area contributed by atoms with Gasteiger partial charge in [-0.3, -0.25) is 5.10 Å². The Bertz CT molecular complexity index is 525. The number of aromatic amines is 1. The van der Waals surface area contributed by atoms with E-state index in [0.717, 1.165) is 10.5 Å². The highest BCUT2D eigenvalue weighted by molar-refractivity contribution is 7.99. The van der Waals surface area contributed by atoms with Crippen LogP contribution in [0.2, 0.25) is 0 Å². The van der Waals surface area contributed by atoms with Crippen LogP contribution in [0.4, 0.5) is 4.39 Å². The minimum absolute atomic E-state index is 0.216. The SMILES string of the molecule is Fc1cc(CNC2CC2)cc(Sc2ncn[nH]2)c1. The van der Waals surface area contributed by atoms with Gasteiger partial charge in [-0.15, -0.1) is 0 Å². The molecule has 0 spiro atoms. The highest BCUT2D eigenvalue weighted by atomic mass is 32.2. The van der Waals surface area contributed by atoms with Crippen molar-refractivity contribution in [3.8, 4) is 0 Å². The molecule has 0 bridgehead atoms. The Kier molecular flexibility index (Phi) is 3.29. The maximum absolute atomic E-state index is 13.5. The van der Waals surface area contributed by atoms with Crippen molar-refractivity contribution in [3.05, 3.63) is 35.9 Å². The molecule has 0 unspecified atom stereocenters. The van der Waals surface area contributed by atoms with Crippen LogP contribution in [0.25, 0.3) is 0 Å². The zero-order valence-corrected chi connectivity index (χ0v) is 10.5. The van der Waals surface area contributed by atoms with Crippen LogP contribution in [0.5, 0.6) is 0 Å². The monoisotopic (exact) mass is 264 g/mol. The predicted molar refractivity (Wildman–Crippen MR) is 66.8 cm³/mol. The lowest BCUT2D eigenvalue weighted by atomic mass is 10.2.